The molecule has 0 bridgehead atoms. The van der Waals surface area contributed by atoms with Crippen LogP contribution in [0.5, 0.6) is 0 Å². The van der Waals surface area contributed by atoms with Crippen molar-refractivity contribution in [2.75, 3.05) is 0 Å². The van der Waals surface area contributed by atoms with Crippen LogP contribution in [0.2, 0.25) is 0 Å². The Kier molecular flexibility index (Phi) is 13.0. The van der Waals surface area contributed by atoms with Crippen LogP contribution in [0, 0.1) is 23.7 Å². The molecule has 0 N–H and O–H groups in total. The zero-order valence-electron chi connectivity index (χ0n) is 12.4. The Morgan fingerprint density at radius 2 is 1.61 bits per heavy atom. The molecule has 0 aliphatic heterocycles. The molecule has 0 aromatic carbocycles. The summed E-state index contributed by atoms with van der Waals surface area (Å²) in [4.78, 5) is 0. The van der Waals surface area contributed by atoms with E-state index in [0.717, 1.165) is 19.3 Å². The highest BCUT2D eigenvalue weighted by molar-refractivity contribution is 5.16. The first-order valence-electron chi connectivity index (χ1n) is 7.38. The van der Waals surface area contributed by atoms with Gasteiger partial charge in [-0.15, -0.1) is 5.92 Å². The molecule has 0 aliphatic rings. The van der Waals surface area contributed by atoms with E-state index in [1.165, 1.54) is 44.1 Å². The summed E-state index contributed by atoms with van der Waals surface area (Å²) in [5.41, 5.74) is 1.40. The number of rotatable bonds is 7. The zero-order valence-corrected chi connectivity index (χ0v) is 12.4. The summed E-state index contributed by atoms with van der Waals surface area (Å²) in [6, 6.07) is 0. The largest absolute Gasteiger partial charge is 0.103 e. The van der Waals surface area contributed by atoms with E-state index in [1.807, 2.05) is 0 Å². The van der Waals surface area contributed by atoms with E-state index in [9.17, 15) is 0 Å². The van der Waals surface area contributed by atoms with Gasteiger partial charge in [-0.05, 0) is 19.8 Å². The SMILES string of the molecule is CCC#CCC#CC/C(C)=C\CCCCCCC. The molecule has 0 aliphatic carbocycles. The van der Waals surface area contributed by atoms with Gasteiger partial charge >= 0.3 is 0 Å². The molecular weight excluding hydrogens is 216 g/mol. The molecule has 0 nitrogen and oxygen atoms in total. The molecule has 100 valence electrons. The Labute approximate surface area is 114 Å². The molecule has 0 aromatic heterocycles. The molecule has 0 amide bonds. The Morgan fingerprint density at radius 3 is 2.33 bits per heavy atom. The van der Waals surface area contributed by atoms with Gasteiger partial charge in [-0.2, -0.15) is 0 Å². The van der Waals surface area contributed by atoms with E-state index in [-0.39, 0.29) is 0 Å². The molecular formula is C18H28. The van der Waals surface area contributed by atoms with Crippen LogP contribution in [0.4, 0.5) is 0 Å². The highest BCUT2D eigenvalue weighted by Gasteiger charge is 1.89. The lowest BCUT2D eigenvalue weighted by Crippen LogP contribution is -1.78. The predicted molar refractivity (Wildman–Crippen MR) is 82.2 cm³/mol. The smallest absolute Gasteiger partial charge is 0.0702 e. The van der Waals surface area contributed by atoms with Crippen molar-refractivity contribution in [3.63, 3.8) is 0 Å². The number of unbranched alkanes of at least 4 members (excludes halogenated alkanes) is 5. The second-order valence-corrected chi connectivity index (χ2v) is 4.67. The molecule has 0 heterocycles. The summed E-state index contributed by atoms with van der Waals surface area (Å²) in [6.07, 6.45) is 12.9. The Bertz CT molecular complexity index is 325. The van der Waals surface area contributed by atoms with Crippen molar-refractivity contribution < 1.29 is 0 Å². The summed E-state index contributed by atoms with van der Waals surface area (Å²) in [7, 11) is 0. The molecule has 0 saturated carbocycles. The first-order valence-corrected chi connectivity index (χ1v) is 7.38. The third-order valence-corrected chi connectivity index (χ3v) is 2.77. The maximum Gasteiger partial charge on any atom is 0.0702 e. The van der Waals surface area contributed by atoms with E-state index in [0.29, 0.717) is 0 Å². The van der Waals surface area contributed by atoms with Crippen molar-refractivity contribution in [2.45, 2.75) is 78.6 Å². The number of allylic oxidation sites excluding steroid dienone is 2. The molecule has 0 fully saturated rings. The van der Waals surface area contributed by atoms with E-state index >= 15 is 0 Å². The van der Waals surface area contributed by atoms with Crippen molar-refractivity contribution >= 4 is 0 Å². The van der Waals surface area contributed by atoms with Crippen molar-refractivity contribution in [1.29, 1.82) is 0 Å². The van der Waals surface area contributed by atoms with Gasteiger partial charge in [0, 0.05) is 12.8 Å². The van der Waals surface area contributed by atoms with E-state index in [4.69, 9.17) is 0 Å². The van der Waals surface area contributed by atoms with Gasteiger partial charge < -0.3 is 0 Å². The third kappa shape index (κ3) is 12.9. The Morgan fingerprint density at radius 1 is 0.889 bits per heavy atom. The maximum atomic E-state index is 3.18. The van der Waals surface area contributed by atoms with Gasteiger partial charge in [-0.1, -0.05) is 68.9 Å². The topological polar surface area (TPSA) is 0 Å². The van der Waals surface area contributed by atoms with Gasteiger partial charge in [0.25, 0.3) is 0 Å². The van der Waals surface area contributed by atoms with Crippen LogP contribution in [0.15, 0.2) is 11.6 Å². The fraction of sp³-hybridized carbons (Fsp3) is 0.667. The Hall–Kier alpha value is -1.14. The molecule has 0 rings (SSSR count). The van der Waals surface area contributed by atoms with E-state index < -0.39 is 0 Å². The zero-order chi connectivity index (χ0) is 13.5. The lowest BCUT2D eigenvalue weighted by molar-refractivity contribution is 0.636. The van der Waals surface area contributed by atoms with E-state index in [2.05, 4.69) is 50.5 Å². The van der Waals surface area contributed by atoms with Gasteiger partial charge in [-0.25, -0.2) is 0 Å². The van der Waals surface area contributed by atoms with Crippen LogP contribution < -0.4 is 0 Å². The molecule has 0 aromatic rings. The Balaban J connectivity index is 3.58. The van der Waals surface area contributed by atoms with Crippen LogP contribution in [0.25, 0.3) is 0 Å². The van der Waals surface area contributed by atoms with Gasteiger partial charge in [0.2, 0.25) is 0 Å². The lowest BCUT2D eigenvalue weighted by Gasteiger charge is -1.98. The fourth-order valence-electron chi connectivity index (χ4n) is 1.66. The van der Waals surface area contributed by atoms with Crippen molar-refractivity contribution in [3.8, 4) is 23.7 Å². The second kappa shape index (κ2) is 13.9. The summed E-state index contributed by atoms with van der Waals surface area (Å²) in [5, 5.41) is 0. The molecule has 0 unspecified atom stereocenters. The quantitative estimate of drug-likeness (QED) is 0.315. The first kappa shape index (κ1) is 16.9. The first-order chi connectivity index (χ1) is 8.81. The number of hydrogen-bond acceptors (Lipinski definition) is 0. The molecule has 0 saturated heterocycles. The average molecular weight is 244 g/mol. The van der Waals surface area contributed by atoms with Crippen LogP contribution >= 0.6 is 0 Å². The lowest BCUT2D eigenvalue weighted by atomic mass is 10.1. The van der Waals surface area contributed by atoms with Crippen LogP contribution in [0.1, 0.15) is 78.6 Å². The molecule has 0 spiro atoms. The minimum absolute atomic E-state index is 0.720. The maximum absolute atomic E-state index is 3.18. The molecule has 0 radical (unpaired) electrons. The molecule has 0 atom stereocenters. The minimum Gasteiger partial charge on any atom is -0.103 e. The second-order valence-electron chi connectivity index (χ2n) is 4.67. The summed E-state index contributed by atoms with van der Waals surface area (Å²) in [5.74, 6) is 12.4. The van der Waals surface area contributed by atoms with Gasteiger partial charge in [0.15, 0.2) is 0 Å². The van der Waals surface area contributed by atoms with Gasteiger partial charge in [0.05, 0.1) is 6.42 Å². The van der Waals surface area contributed by atoms with Gasteiger partial charge in [0.1, 0.15) is 0 Å². The number of hydrogen-bond donors (Lipinski definition) is 0. The summed E-state index contributed by atoms with van der Waals surface area (Å²) >= 11 is 0. The van der Waals surface area contributed by atoms with Crippen molar-refractivity contribution in [1.82, 2.24) is 0 Å². The third-order valence-electron chi connectivity index (χ3n) is 2.77. The highest BCUT2D eigenvalue weighted by atomic mass is 13.9. The fourth-order valence-corrected chi connectivity index (χ4v) is 1.66. The predicted octanol–water partition coefficient (Wildman–Crippen LogP) is 5.49. The van der Waals surface area contributed by atoms with E-state index in [1.54, 1.807) is 0 Å². The summed E-state index contributed by atoms with van der Waals surface area (Å²) in [6.45, 7) is 6.50. The van der Waals surface area contributed by atoms with Gasteiger partial charge in [-0.3, -0.25) is 0 Å². The standard InChI is InChI=1S/C18H28/c1-4-6-8-10-12-14-16-18(3)17-15-13-11-9-7-5-2/h16H,4-6,8,10-12,14,17H2,1-3H3/b18-16-. The van der Waals surface area contributed by atoms with Crippen LogP contribution in [0.3, 0.4) is 0 Å². The van der Waals surface area contributed by atoms with Crippen LogP contribution in [-0.4, -0.2) is 0 Å². The van der Waals surface area contributed by atoms with Crippen molar-refractivity contribution in [2.24, 2.45) is 0 Å². The highest BCUT2D eigenvalue weighted by Crippen LogP contribution is 2.08. The average Bonchev–Trinajstić information content (AvgIpc) is 2.38. The minimum atomic E-state index is 0.720. The normalized spacial score (nSPS) is 10.3. The monoisotopic (exact) mass is 244 g/mol. The molecule has 0 heteroatoms. The van der Waals surface area contributed by atoms with Crippen molar-refractivity contribution in [3.05, 3.63) is 11.6 Å². The summed E-state index contributed by atoms with van der Waals surface area (Å²) < 4.78 is 0. The molecule has 18 heavy (non-hydrogen) atoms. The van der Waals surface area contributed by atoms with Crippen LogP contribution in [-0.2, 0) is 0 Å².